The van der Waals surface area contributed by atoms with Crippen LogP contribution in [0.3, 0.4) is 0 Å². The van der Waals surface area contributed by atoms with Gasteiger partial charge in [-0.15, -0.1) is 0 Å². The molecular weight excluding hydrogens is 430 g/mol. The molecule has 3 heterocycles. The molecule has 0 saturated heterocycles. The summed E-state index contributed by atoms with van der Waals surface area (Å²) < 4.78 is 12.8. The van der Waals surface area contributed by atoms with Crippen LogP contribution in [0.5, 0.6) is 5.75 Å². The number of hydrogen-bond acceptors (Lipinski definition) is 3. The van der Waals surface area contributed by atoms with Crippen molar-refractivity contribution in [3.63, 3.8) is 0 Å². The first kappa shape index (κ1) is 22.2. The summed E-state index contributed by atoms with van der Waals surface area (Å²) in [6.45, 7) is 13.4. The Morgan fingerprint density at radius 1 is 1.03 bits per heavy atom. The standard InChI is InChI=1S/C32H33NO2/c1-18(2)15-24-19(3)34-26-12-11-23-28-27(35-31(23)29(24)26)13-14-33-30(28)21-16-20-9-7-8-10-22(20)25(17-21)32(4,5)6/h7-14,16-18,23,31H,15H2,1-6H3. The lowest BCUT2D eigenvalue weighted by atomic mass is 9.80. The Bertz CT molecular complexity index is 1480. The monoisotopic (exact) mass is 463 g/mol. The fourth-order valence-electron chi connectivity index (χ4n) is 5.88. The summed E-state index contributed by atoms with van der Waals surface area (Å²) in [5.74, 6) is 3.56. The lowest BCUT2D eigenvalue weighted by Crippen LogP contribution is -2.15. The Hall–Kier alpha value is -3.33. The van der Waals surface area contributed by atoms with E-state index < -0.39 is 0 Å². The van der Waals surface area contributed by atoms with Crippen LogP contribution in [-0.4, -0.2) is 4.98 Å². The van der Waals surface area contributed by atoms with Crippen molar-refractivity contribution in [3.05, 3.63) is 88.5 Å². The molecule has 0 amide bonds. The third-order valence-electron chi connectivity index (χ3n) is 7.44. The number of rotatable bonds is 3. The van der Waals surface area contributed by atoms with Crippen molar-refractivity contribution < 1.29 is 9.15 Å². The Kier molecular flexibility index (Phi) is 4.96. The molecule has 35 heavy (non-hydrogen) atoms. The molecule has 2 aliphatic rings. The quantitative estimate of drug-likeness (QED) is 0.305. The molecule has 178 valence electrons. The van der Waals surface area contributed by atoms with Gasteiger partial charge < -0.3 is 9.15 Å². The van der Waals surface area contributed by atoms with Gasteiger partial charge in [0.25, 0.3) is 0 Å². The van der Waals surface area contributed by atoms with Gasteiger partial charge >= 0.3 is 0 Å². The van der Waals surface area contributed by atoms with Gasteiger partial charge in [0.05, 0.1) is 5.69 Å². The number of pyridine rings is 1. The van der Waals surface area contributed by atoms with E-state index >= 15 is 0 Å². The maximum absolute atomic E-state index is 6.67. The van der Waals surface area contributed by atoms with E-state index in [-0.39, 0.29) is 17.4 Å². The number of ether oxygens (including phenoxy) is 1. The SMILES string of the molecule is Cc1oc2c(c1CC(C)C)C1Oc3ccnc(-c4cc(C(C)(C)C)c5ccccc5c4)c3C1C=C2. The van der Waals surface area contributed by atoms with E-state index in [1.165, 1.54) is 33.0 Å². The van der Waals surface area contributed by atoms with Crippen molar-refractivity contribution in [3.8, 4) is 17.0 Å². The van der Waals surface area contributed by atoms with Gasteiger partial charge in [-0.3, -0.25) is 4.98 Å². The van der Waals surface area contributed by atoms with Crippen molar-refractivity contribution >= 4 is 16.8 Å². The lowest BCUT2D eigenvalue weighted by Gasteiger charge is -2.24. The van der Waals surface area contributed by atoms with E-state index in [2.05, 4.69) is 90.1 Å². The van der Waals surface area contributed by atoms with Crippen LogP contribution in [0, 0.1) is 12.8 Å². The third kappa shape index (κ3) is 3.52. The summed E-state index contributed by atoms with van der Waals surface area (Å²) in [5, 5.41) is 2.55. The van der Waals surface area contributed by atoms with Crippen molar-refractivity contribution in [1.29, 1.82) is 0 Å². The molecular formula is C32H33NO2. The number of fused-ring (bicyclic) bond motifs is 6. The first-order chi connectivity index (χ1) is 16.7. The smallest absolute Gasteiger partial charge is 0.138 e. The topological polar surface area (TPSA) is 35.3 Å². The molecule has 4 aromatic rings. The van der Waals surface area contributed by atoms with Gasteiger partial charge in [0, 0.05) is 34.4 Å². The van der Waals surface area contributed by atoms with Gasteiger partial charge in [0.2, 0.25) is 0 Å². The summed E-state index contributed by atoms with van der Waals surface area (Å²) in [4.78, 5) is 4.94. The summed E-state index contributed by atoms with van der Waals surface area (Å²) in [6, 6.07) is 15.3. The van der Waals surface area contributed by atoms with Crippen molar-refractivity contribution in [2.45, 2.75) is 65.4 Å². The number of aryl methyl sites for hydroxylation is 1. The van der Waals surface area contributed by atoms with Gasteiger partial charge in [0.15, 0.2) is 0 Å². The summed E-state index contributed by atoms with van der Waals surface area (Å²) >= 11 is 0. The minimum Gasteiger partial charge on any atom is -0.484 e. The van der Waals surface area contributed by atoms with Crippen molar-refractivity contribution in [1.82, 2.24) is 4.98 Å². The number of hydrogen-bond donors (Lipinski definition) is 0. The van der Waals surface area contributed by atoms with Gasteiger partial charge in [-0.05, 0) is 65.3 Å². The van der Waals surface area contributed by atoms with Gasteiger partial charge in [-0.1, -0.05) is 65.0 Å². The van der Waals surface area contributed by atoms with E-state index in [0.717, 1.165) is 34.9 Å². The second-order valence-corrected chi connectivity index (χ2v) is 11.5. The Labute approximate surface area is 207 Å². The maximum Gasteiger partial charge on any atom is 0.138 e. The Balaban J connectivity index is 1.52. The van der Waals surface area contributed by atoms with Crippen LogP contribution >= 0.6 is 0 Å². The Morgan fingerprint density at radius 3 is 2.60 bits per heavy atom. The van der Waals surface area contributed by atoms with Crippen LogP contribution in [0.25, 0.3) is 28.1 Å². The number of aromatic nitrogens is 1. The maximum atomic E-state index is 6.67. The highest BCUT2D eigenvalue weighted by Crippen LogP contribution is 2.54. The highest BCUT2D eigenvalue weighted by molar-refractivity contribution is 5.91. The molecule has 6 rings (SSSR count). The molecule has 2 unspecified atom stereocenters. The number of nitrogens with zero attached hydrogens (tertiary/aromatic N) is 1. The molecule has 0 N–H and O–H groups in total. The van der Waals surface area contributed by atoms with Crippen LogP contribution in [-0.2, 0) is 11.8 Å². The number of furan rings is 1. The molecule has 2 aromatic heterocycles. The molecule has 0 radical (unpaired) electrons. The molecule has 2 atom stereocenters. The highest BCUT2D eigenvalue weighted by Gasteiger charge is 2.42. The molecule has 1 aliphatic heterocycles. The summed E-state index contributed by atoms with van der Waals surface area (Å²) in [5.41, 5.74) is 7.24. The van der Waals surface area contributed by atoms with Crippen LogP contribution in [0.2, 0.25) is 0 Å². The molecule has 2 aromatic carbocycles. The summed E-state index contributed by atoms with van der Waals surface area (Å²) in [6.07, 6.45) is 7.20. The molecule has 0 saturated carbocycles. The average Bonchev–Trinajstić information content (AvgIpc) is 3.34. The minimum atomic E-state index is -0.0679. The van der Waals surface area contributed by atoms with Gasteiger partial charge in [0.1, 0.15) is 23.4 Å². The zero-order valence-corrected chi connectivity index (χ0v) is 21.5. The van der Waals surface area contributed by atoms with E-state index in [9.17, 15) is 0 Å². The van der Waals surface area contributed by atoms with Crippen molar-refractivity contribution in [2.75, 3.05) is 0 Å². The third-order valence-corrected chi connectivity index (χ3v) is 7.44. The largest absolute Gasteiger partial charge is 0.484 e. The van der Waals surface area contributed by atoms with Crippen LogP contribution < -0.4 is 4.74 Å². The van der Waals surface area contributed by atoms with E-state index in [1.54, 1.807) is 0 Å². The van der Waals surface area contributed by atoms with E-state index in [1.807, 2.05) is 12.3 Å². The second-order valence-electron chi connectivity index (χ2n) is 11.5. The second kappa shape index (κ2) is 7.84. The minimum absolute atomic E-state index is 0.0202. The fraction of sp³-hybridized carbons (Fsp3) is 0.344. The Morgan fingerprint density at radius 2 is 1.83 bits per heavy atom. The molecule has 1 aliphatic carbocycles. The van der Waals surface area contributed by atoms with Gasteiger partial charge in [-0.25, -0.2) is 0 Å². The van der Waals surface area contributed by atoms with E-state index in [4.69, 9.17) is 14.1 Å². The fourth-order valence-corrected chi connectivity index (χ4v) is 5.88. The molecule has 3 nitrogen and oxygen atoms in total. The van der Waals surface area contributed by atoms with Crippen LogP contribution in [0.15, 0.2) is 59.2 Å². The normalized spacial score (nSPS) is 18.5. The van der Waals surface area contributed by atoms with Crippen LogP contribution in [0.1, 0.15) is 80.4 Å². The predicted octanol–water partition coefficient (Wildman–Crippen LogP) is 8.54. The van der Waals surface area contributed by atoms with E-state index in [0.29, 0.717) is 5.92 Å². The molecule has 0 fully saturated rings. The first-order valence-corrected chi connectivity index (χ1v) is 12.7. The van der Waals surface area contributed by atoms with Crippen molar-refractivity contribution in [2.24, 2.45) is 5.92 Å². The number of benzene rings is 2. The zero-order valence-electron chi connectivity index (χ0n) is 21.5. The van der Waals surface area contributed by atoms with Gasteiger partial charge in [-0.2, -0.15) is 0 Å². The predicted molar refractivity (Wildman–Crippen MR) is 143 cm³/mol. The molecule has 3 heteroatoms. The van der Waals surface area contributed by atoms with Crippen LogP contribution in [0.4, 0.5) is 0 Å². The molecule has 0 spiro atoms. The first-order valence-electron chi connectivity index (χ1n) is 12.7. The highest BCUT2D eigenvalue weighted by atomic mass is 16.5. The summed E-state index contributed by atoms with van der Waals surface area (Å²) in [7, 11) is 0. The molecule has 0 bridgehead atoms. The average molecular weight is 464 g/mol. The lowest BCUT2D eigenvalue weighted by molar-refractivity contribution is 0.220. The zero-order chi connectivity index (χ0) is 24.5.